The Bertz CT molecular complexity index is 528. The minimum atomic E-state index is -0.870. The van der Waals surface area contributed by atoms with Crippen LogP contribution in [0.3, 0.4) is 0 Å². The van der Waals surface area contributed by atoms with Gasteiger partial charge in [0.2, 0.25) is 0 Å². The van der Waals surface area contributed by atoms with E-state index in [1.807, 2.05) is 13.0 Å². The van der Waals surface area contributed by atoms with Crippen LogP contribution < -0.4 is 0 Å². The van der Waals surface area contributed by atoms with Crippen LogP contribution in [0.2, 0.25) is 5.02 Å². The molecule has 0 aliphatic carbocycles. The van der Waals surface area contributed by atoms with E-state index in [1.165, 1.54) is 6.26 Å². The maximum absolute atomic E-state index is 10.6. The lowest BCUT2D eigenvalue weighted by Gasteiger charge is -1.98. The lowest BCUT2D eigenvalue weighted by molar-refractivity contribution is -0.136. The Balaban J connectivity index is 2.59. The fraction of sp³-hybridized carbons (Fsp3) is 0.182. The highest BCUT2D eigenvalue weighted by atomic mass is 35.5. The molecule has 78 valence electrons. The number of hydrogen-bond donors (Lipinski definition) is 1. The largest absolute Gasteiger partial charge is 0.481 e. The zero-order valence-electron chi connectivity index (χ0n) is 8.08. The highest BCUT2D eigenvalue weighted by Gasteiger charge is 2.10. The van der Waals surface area contributed by atoms with Gasteiger partial charge in [-0.2, -0.15) is 0 Å². The van der Waals surface area contributed by atoms with Crippen molar-refractivity contribution in [2.45, 2.75) is 13.3 Å². The molecule has 0 unspecified atom stereocenters. The second kappa shape index (κ2) is 3.59. The van der Waals surface area contributed by atoms with E-state index in [9.17, 15) is 4.79 Å². The predicted octanol–water partition coefficient (Wildman–Crippen LogP) is 3.02. The Morgan fingerprint density at radius 1 is 1.53 bits per heavy atom. The number of carboxylic acid groups (broad SMARTS) is 1. The number of aryl methyl sites for hydroxylation is 1. The third-order valence-electron chi connectivity index (χ3n) is 2.28. The topological polar surface area (TPSA) is 50.4 Å². The standard InChI is InChI=1S/C11H9ClO3/c1-6-2-8-7(3-11(13)14)5-15-10(8)4-9(6)12/h2,4-5H,3H2,1H3,(H,13,14). The van der Waals surface area contributed by atoms with E-state index in [-0.39, 0.29) is 6.42 Å². The number of aliphatic carboxylic acids is 1. The average Bonchev–Trinajstić information content (AvgIpc) is 2.49. The molecule has 1 aromatic heterocycles. The van der Waals surface area contributed by atoms with Crippen LogP contribution in [0.1, 0.15) is 11.1 Å². The molecule has 1 heterocycles. The molecule has 0 amide bonds. The number of furan rings is 1. The normalized spacial score (nSPS) is 10.8. The number of hydrogen-bond acceptors (Lipinski definition) is 2. The zero-order chi connectivity index (χ0) is 11.0. The van der Waals surface area contributed by atoms with E-state index in [1.54, 1.807) is 6.07 Å². The second-order valence-electron chi connectivity index (χ2n) is 3.43. The van der Waals surface area contributed by atoms with Crippen LogP contribution >= 0.6 is 11.6 Å². The van der Waals surface area contributed by atoms with Gasteiger partial charge < -0.3 is 9.52 Å². The van der Waals surface area contributed by atoms with Crippen molar-refractivity contribution in [3.8, 4) is 0 Å². The van der Waals surface area contributed by atoms with Gasteiger partial charge in [0.1, 0.15) is 5.58 Å². The number of halogens is 1. The van der Waals surface area contributed by atoms with Crippen LogP contribution in [0.5, 0.6) is 0 Å². The number of carbonyl (C=O) groups is 1. The molecular formula is C11H9ClO3. The summed E-state index contributed by atoms with van der Waals surface area (Å²) < 4.78 is 5.24. The first-order valence-electron chi connectivity index (χ1n) is 4.46. The van der Waals surface area contributed by atoms with Crippen LogP contribution in [-0.2, 0) is 11.2 Å². The molecule has 2 rings (SSSR count). The Hall–Kier alpha value is -1.48. The Morgan fingerprint density at radius 2 is 2.27 bits per heavy atom. The highest BCUT2D eigenvalue weighted by molar-refractivity contribution is 6.32. The monoisotopic (exact) mass is 224 g/mol. The predicted molar refractivity (Wildman–Crippen MR) is 57.3 cm³/mol. The molecule has 3 nitrogen and oxygen atoms in total. The smallest absolute Gasteiger partial charge is 0.307 e. The van der Waals surface area contributed by atoms with E-state index >= 15 is 0 Å². The first-order chi connectivity index (χ1) is 7.08. The summed E-state index contributed by atoms with van der Waals surface area (Å²) in [5.41, 5.74) is 2.22. The van der Waals surface area contributed by atoms with Crippen molar-refractivity contribution in [3.63, 3.8) is 0 Å². The van der Waals surface area contributed by atoms with Crippen LogP contribution in [0.25, 0.3) is 11.0 Å². The molecule has 0 radical (unpaired) electrons. The molecule has 0 aliphatic rings. The first kappa shape index (κ1) is 10.1. The fourth-order valence-electron chi connectivity index (χ4n) is 1.51. The quantitative estimate of drug-likeness (QED) is 0.853. The van der Waals surface area contributed by atoms with Crippen molar-refractivity contribution in [1.29, 1.82) is 0 Å². The molecule has 0 atom stereocenters. The van der Waals surface area contributed by atoms with Crippen molar-refractivity contribution >= 4 is 28.5 Å². The van der Waals surface area contributed by atoms with E-state index in [2.05, 4.69) is 0 Å². The third-order valence-corrected chi connectivity index (χ3v) is 2.68. The molecule has 0 spiro atoms. The van der Waals surface area contributed by atoms with Gasteiger partial charge in [0.25, 0.3) is 0 Å². The Labute approximate surface area is 91.3 Å². The van der Waals surface area contributed by atoms with Crippen LogP contribution in [-0.4, -0.2) is 11.1 Å². The van der Waals surface area contributed by atoms with Gasteiger partial charge in [-0.1, -0.05) is 11.6 Å². The molecule has 0 aliphatic heterocycles. The number of fused-ring (bicyclic) bond motifs is 1. The Morgan fingerprint density at radius 3 is 2.93 bits per heavy atom. The third kappa shape index (κ3) is 1.83. The van der Waals surface area contributed by atoms with Crippen LogP contribution in [0, 0.1) is 6.92 Å². The van der Waals surface area contributed by atoms with Gasteiger partial charge in [-0.15, -0.1) is 0 Å². The zero-order valence-corrected chi connectivity index (χ0v) is 8.84. The number of rotatable bonds is 2. The van der Waals surface area contributed by atoms with Gasteiger partial charge in [0, 0.05) is 22.0 Å². The summed E-state index contributed by atoms with van der Waals surface area (Å²) in [5, 5.41) is 10.1. The summed E-state index contributed by atoms with van der Waals surface area (Å²) in [6, 6.07) is 3.55. The average molecular weight is 225 g/mol. The van der Waals surface area contributed by atoms with Gasteiger partial charge in [-0.25, -0.2) is 0 Å². The molecule has 1 N–H and O–H groups in total. The summed E-state index contributed by atoms with van der Waals surface area (Å²) in [6.45, 7) is 1.87. The van der Waals surface area contributed by atoms with Gasteiger partial charge in [-0.05, 0) is 18.6 Å². The second-order valence-corrected chi connectivity index (χ2v) is 3.84. The molecule has 15 heavy (non-hydrogen) atoms. The molecule has 2 aromatic rings. The van der Waals surface area contributed by atoms with Crippen molar-refractivity contribution < 1.29 is 14.3 Å². The van der Waals surface area contributed by atoms with Gasteiger partial charge in [-0.3, -0.25) is 4.79 Å². The SMILES string of the molecule is Cc1cc2c(CC(=O)O)coc2cc1Cl. The Kier molecular flexibility index (Phi) is 2.40. The molecule has 4 heteroatoms. The summed E-state index contributed by atoms with van der Waals surface area (Å²) in [6.07, 6.45) is 1.43. The molecule has 0 saturated heterocycles. The maximum atomic E-state index is 10.6. The van der Waals surface area contributed by atoms with E-state index in [4.69, 9.17) is 21.1 Å². The molecule has 1 aromatic carbocycles. The maximum Gasteiger partial charge on any atom is 0.307 e. The van der Waals surface area contributed by atoms with E-state index in [0.717, 1.165) is 10.9 Å². The number of carboxylic acids is 1. The van der Waals surface area contributed by atoms with Crippen molar-refractivity contribution in [1.82, 2.24) is 0 Å². The van der Waals surface area contributed by atoms with E-state index < -0.39 is 5.97 Å². The first-order valence-corrected chi connectivity index (χ1v) is 4.83. The van der Waals surface area contributed by atoms with Crippen molar-refractivity contribution in [3.05, 3.63) is 34.5 Å². The molecule has 0 saturated carbocycles. The van der Waals surface area contributed by atoms with E-state index in [0.29, 0.717) is 16.2 Å². The minimum absolute atomic E-state index is 0.0337. The minimum Gasteiger partial charge on any atom is -0.481 e. The van der Waals surface area contributed by atoms with Gasteiger partial charge >= 0.3 is 5.97 Å². The summed E-state index contributed by atoms with van der Waals surface area (Å²) in [4.78, 5) is 10.6. The van der Waals surface area contributed by atoms with Gasteiger partial charge in [0.15, 0.2) is 0 Å². The van der Waals surface area contributed by atoms with Crippen LogP contribution in [0.15, 0.2) is 22.8 Å². The summed E-state index contributed by atoms with van der Waals surface area (Å²) in [5.74, 6) is -0.870. The lowest BCUT2D eigenvalue weighted by Crippen LogP contribution is -1.98. The highest BCUT2D eigenvalue weighted by Crippen LogP contribution is 2.27. The number of benzene rings is 1. The molecule has 0 bridgehead atoms. The summed E-state index contributed by atoms with van der Waals surface area (Å²) in [7, 11) is 0. The van der Waals surface area contributed by atoms with Gasteiger partial charge in [0.05, 0.1) is 12.7 Å². The lowest BCUT2D eigenvalue weighted by atomic mass is 10.1. The molecular weight excluding hydrogens is 216 g/mol. The van der Waals surface area contributed by atoms with Crippen molar-refractivity contribution in [2.24, 2.45) is 0 Å². The van der Waals surface area contributed by atoms with Crippen LogP contribution in [0.4, 0.5) is 0 Å². The molecule has 0 fully saturated rings. The summed E-state index contributed by atoms with van der Waals surface area (Å²) >= 11 is 5.93. The fourth-order valence-corrected chi connectivity index (χ4v) is 1.66. The van der Waals surface area contributed by atoms with Crippen molar-refractivity contribution in [2.75, 3.05) is 0 Å².